The summed E-state index contributed by atoms with van der Waals surface area (Å²) in [5, 5.41) is 0. The first-order valence-electron chi connectivity index (χ1n) is 5.00. The average molecular weight is 240 g/mol. The first kappa shape index (κ1) is 15.0. The minimum Gasteiger partial charge on any atom is -0.418 e. The molecule has 0 saturated carbocycles. The van der Waals surface area contributed by atoms with Gasteiger partial charge in [0.15, 0.2) is 0 Å². The fourth-order valence-electron chi connectivity index (χ4n) is 1.19. The second kappa shape index (κ2) is 5.91. The second-order valence-corrected chi connectivity index (χ2v) is 4.00. The van der Waals surface area contributed by atoms with Gasteiger partial charge in [0.25, 0.3) is 5.82 Å². The Hall–Kier alpha value is -1.01. The molecule has 0 saturated heterocycles. The minimum atomic E-state index is -6.00. The summed E-state index contributed by atoms with van der Waals surface area (Å²) in [6.45, 7) is 7.73. The van der Waals surface area contributed by atoms with E-state index in [2.05, 4.69) is 49.3 Å². The highest BCUT2D eigenvalue weighted by atomic mass is 19.5. The van der Waals surface area contributed by atoms with Gasteiger partial charge in [-0.3, -0.25) is 0 Å². The zero-order valence-electron chi connectivity index (χ0n) is 9.92. The Morgan fingerprint density at radius 2 is 1.75 bits per heavy atom. The number of halogens is 4. The van der Waals surface area contributed by atoms with Gasteiger partial charge in [0.2, 0.25) is 0 Å². The van der Waals surface area contributed by atoms with E-state index >= 15 is 0 Å². The number of nitrogens with zero attached hydrogens (tertiary/aromatic N) is 2. The largest absolute Gasteiger partial charge is 0.673 e. The average Bonchev–Trinajstić information content (AvgIpc) is 2.32. The smallest absolute Gasteiger partial charge is 0.418 e. The molecule has 94 valence electrons. The molecule has 1 aromatic heterocycles. The van der Waals surface area contributed by atoms with Gasteiger partial charge in [-0.25, -0.2) is 9.13 Å². The molecule has 0 bridgehead atoms. The standard InChI is InChI=1S/C9H17N2.BF4/c1-8(2)7-11-6-5-10(4)9(11)3;2-1(3,4)5/h5-6,8H,7H2,1-4H3;/q+1;-1. The van der Waals surface area contributed by atoms with E-state index in [9.17, 15) is 17.3 Å². The number of hydrogen-bond donors (Lipinski definition) is 0. The summed E-state index contributed by atoms with van der Waals surface area (Å²) >= 11 is 0. The fourth-order valence-corrected chi connectivity index (χ4v) is 1.19. The molecular formula is C9H17BF4N2. The van der Waals surface area contributed by atoms with E-state index in [1.165, 1.54) is 5.82 Å². The van der Waals surface area contributed by atoms with Gasteiger partial charge in [-0.05, 0) is 5.92 Å². The molecular weight excluding hydrogens is 223 g/mol. The van der Waals surface area contributed by atoms with Crippen LogP contribution in [0.2, 0.25) is 0 Å². The Kier molecular flexibility index (Phi) is 5.54. The Balaban J connectivity index is 0.000000385. The van der Waals surface area contributed by atoms with Gasteiger partial charge in [0, 0.05) is 6.92 Å². The lowest BCUT2D eigenvalue weighted by molar-refractivity contribution is -0.677. The number of aryl methyl sites for hydroxylation is 1. The van der Waals surface area contributed by atoms with Crippen molar-refractivity contribution in [1.82, 2.24) is 4.57 Å². The lowest BCUT2D eigenvalue weighted by Crippen LogP contribution is -2.30. The van der Waals surface area contributed by atoms with Crippen molar-refractivity contribution < 1.29 is 21.8 Å². The summed E-state index contributed by atoms with van der Waals surface area (Å²) < 4.78 is 43.4. The molecule has 0 radical (unpaired) electrons. The molecule has 0 aromatic carbocycles. The van der Waals surface area contributed by atoms with Crippen molar-refractivity contribution in [2.45, 2.75) is 27.3 Å². The van der Waals surface area contributed by atoms with E-state index in [0.717, 1.165) is 12.5 Å². The van der Waals surface area contributed by atoms with Crippen molar-refractivity contribution in [2.24, 2.45) is 13.0 Å². The minimum absolute atomic E-state index is 0.723. The third-order valence-electron chi connectivity index (χ3n) is 1.96. The van der Waals surface area contributed by atoms with Crippen molar-refractivity contribution in [3.63, 3.8) is 0 Å². The SMILES string of the molecule is Cc1n(CC(C)C)cc[n+]1C.F[B-](F)(F)F. The number of hydrogen-bond acceptors (Lipinski definition) is 0. The van der Waals surface area contributed by atoms with Crippen LogP contribution in [0.1, 0.15) is 19.7 Å². The van der Waals surface area contributed by atoms with Gasteiger partial charge in [-0.2, -0.15) is 0 Å². The van der Waals surface area contributed by atoms with E-state index < -0.39 is 7.25 Å². The van der Waals surface area contributed by atoms with Crippen LogP contribution in [0.3, 0.4) is 0 Å². The van der Waals surface area contributed by atoms with Crippen molar-refractivity contribution in [3.05, 3.63) is 18.2 Å². The maximum atomic E-state index is 9.75. The van der Waals surface area contributed by atoms with Gasteiger partial charge in [-0.1, -0.05) is 13.8 Å². The van der Waals surface area contributed by atoms with E-state index in [4.69, 9.17) is 0 Å². The molecule has 1 rings (SSSR count). The molecule has 0 aliphatic heterocycles. The number of aromatic nitrogens is 2. The maximum absolute atomic E-state index is 9.75. The van der Waals surface area contributed by atoms with E-state index in [1.54, 1.807) is 0 Å². The van der Waals surface area contributed by atoms with Crippen LogP contribution >= 0.6 is 0 Å². The van der Waals surface area contributed by atoms with Crippen LogP contribution in [0.5, 0.6) is 0 Å². The Morgan fingerprint density at radius 3 is 2.00 bits per heavy atom. The molecule has 1 heterocycles. The lowest BCUT2D eigenvalue weighted by atomic mass is 10.2. The monoisotopic (exact) mass is 240 g/mol. The summed E-state index contributed by atoms with van der Waals surface area (Å²) in [6, 6.07) is 0. The molecule has 16 heavy (non-hydrogen) atoms. The molecule has 0 spiro atoms. The zero-order chi connectivity index (χ0) is 12.9. The summed E-state index contributed by atoms with van der Waals surface area (Å²) in [6.07, 6.45) is 4.23. The van der Waals surface area contributed by atoms with Crippen LogP contribution in [0.15, 0.2) is 12.4 Å². The van der Waals surface area contributed by atoms with Gasteiger partial charge in [0.05, 0.1) is 13.6 Å². The molecule has 0 aliphatic carbocycles. The molecule has 0 fully saturated rings. The predicted octanol–water partition coefficient (Wildman–Crippen LogP) is 2.58. The summed E-state index contributed by atoms with van der Waals surface area (Å²) in [5.74, 6) is 2.04. The zero-order valence-corrected chi connectivity index (χ0v) is 9.92. The van der Waals surface area contributed by atoms with E-state index in [0.29, 0.717) is 0 Å². The first-order chi connectivity index (χ1) is 7.11. The maximum Gasteiger partial charge on any atom is 0.673 e. The van der Waals surface area contributed by atoms with Crippen LogP contribution < -0.4 is 4.57 Å². The van der Waals surface area contributed by atoms with Crippen LogP contribution in [0, 0.1) is 12.8 Å². The third kappa shape index (κ3) is 7.31. The Labute approximate surface area is 93.0 Å². The van der Waals surface area contributed by atoms with Crippen molar-refractivity contribution in [3.8, 4) is 0 Å². The van der Waals surface area contributed by atoms with Crippen molar-refractivity contribution in [1.29, 1.82) is 0 Å². The second-order valence-electron chi connectivity index (χ2n) is 4.00. The van der Waals surface area contributed by atoms with Gasteiger partial charge in [-0.15, -0.1) is 0 Å². The molecule has 1 aromatic rings. The topological polar surface area (TPSA) is 8.81 Å². The van der Waals surface area contributed by atoms with E-state index in [-0.39, 0.29) is 0 Å². The molecule has 0 amide bonds. The quantitative estimate of drug-likeness (QED) is 0.426. The Bertz CT molecular complexity index is 314. The molecule has 2 nitrogen and oxygen atoms in total. The van der Waals surface area contributed by atoms with Crippen molar-refractivity contribution in [2.75, 3.05) is 0 Å². The van der Waals surface area contributed by atoms with Gasteiger partial charge >= 0.3 is 7.25 Å². The molecule has 0 aliphatic rings. The fraction of sp³-hybridized carbons (Fsp3) is 0.667. The number of rotatable bonds is 2. The lowest BCUT2D eigenvalue weighted by Gasteiger charge is -2.01. The van der Waals surface area contributed by atoms with Crippen molar-refractivity contribution >= 4 is 7.25 Å². The summed E-state index contributed by atoms with van der Waals surface area (Å²) in [7, 11) is -3.92. The highest BCUT2D eigenvalue weighted by Gasteiger charge is 2.20. The molecule has 0 N–H and O–H groups in total. The van der Waals surface area contributed by atoms with Crippen LogP contribution in [-0.4, -0.2) is 11.8 Å². The predicted molar refractivity (Wildman–Crippen MR) is 55.4 cm³/mol. The highest BCUT2D eigenvalue weighted by Crippen LogP contribution is 2.06. The van der Waals surface area contributed by atoms with E-state index in [1.807, 2.05) is 0 Å². The molecule has 7 heteroatoms. The Morgan fingerprint density at radius 1 is 1.31 bits per heavy atom. The third-order valence-corrected chi connectivity index (χ3v) is 1.96. The highest BCUT2D eigenvalue weighted by molar-refractivity contribution is 6.50. The molecule has 0 atom stereocenters. The normalized spacial score (nSPS) is 11.3. The number of imidazole rings is 1. The summed E-state index contributed by atoms with van der Waals surface area (Å²) in [5.41, 5.74) is 0. The van der Waals surface area contributed by atoms with Gasteiger partial charge in [0.1, 0.15) is 12.4 Å². The summed E-state index contributed by atoms with van der Waals surface area (Å²) in [4.78, 5) is 0. The molecule has 0 unspecified atom stereocenters. The van der Waals surface area contributed by atoms with Crippen LogP contribution in [0.4, 0.5) is 17.3 Å². The first-order valence-corrected chi connectivity index (χ1v) is 5.00. The van der Waals surface area contributed by atoms with Gasteiger partial charge < -0.3 is 17.3 Å². The van der Waals surface area contributed by atoms with Crippen LogP contribution in [-0.2, 0) is 13.6 Å². The van der Waals surface area contributed by atoms with Crippen LogP contribution in [0.25, 0.3) is 0 Å².